The molecule has 1 aromatic heterocycles. The molecule has 138 valence electrons. The molecule has 1 aliphatic heterocycles. The Balaban J connectivity index is 1.77. The summed E-state index contributed by atoms with van der Waals surface area (Å²) in [4.78, 5) is 20.8. The number of benzene rings is 1. The molecule has 2 heterocycles. The van der Waals surface area contributed by atoms with Crippen LogP contribution < -0.4 is 4.90 Å². The Hall–Kier alpha value is -2.25. The standard InChI is InChI=1S/C19H25N5OS/c1-14-5-6-18(11-15(14)2)24(16(3)25)19-21-17(13-26-19)12-20-23-9-7-22(4)8-10-23/h5-6,11-13H,7-10H2,1-4H3/b20-12-. The summed E-state index contributed by atoms with van der Waals surface area (Å²) >= 11 is 1.45. The van der Waals surface area contributed by atoms with Crippen LogP contribution in [0.25, 0.3) is 0 Å². The number of carbonyl (C=O) groups excluding carboxylic acids is 1. The second kappa shape index (κ2) is 7.97. The molecule has 0 spiro atoms. The van der Waals surface area contributed by atoms with Crippen molar-refractivity contribution in [1.29, 1.82) is 0 Å². The number of aryl methyl sites for hydroxylation is 2. The highest BCUT2D eigenvalue weighted by atomic mass is 32.1. The van der Waals surface area contributed by atoms with Crippen LogP contribution in [0, 0.1) is 13.8 Å². The summed E-state index contributed by atoms with van der Waals surface area (Å²) < 4.78 is 0. The first kappa shape index (κ1) is 18.5. The number of rotatable bonds is 4. The Morgan fingerprint density at radius 2 is 1.96 bits per heavy atom. The van der Waals surface area contributed by atoms with E-state index in [1.807, 2.05) is 30.5 Å². The third-order valence-electron chi connectivity index (χ3n) is 4.60. The Kier molecular flexibility index (Phi) is 5.68. The Morgan fingerprint density at radius 3 is 2.62 bits per heavy atom. The molecule has 0 unspecified atom stereocenters. The van der Waals surface area contributed by atoms with Crippen LogP contribution in [-0.4, -0.2) is 60.2 Å². The lowest BCUT2D eigenvalue weighted by atomic mass is 10.1. The predicted octanol–water partition coefficient (Wildman–Crippen LogP) is 3.03. The highest BCUT2D eigenvalue weighted by molar-refractivity contribution is 7.14. The molecule has 0 atom stereocenters. The van der Waals surface area contributed by atoms with E-state index in [-0.39, 0.29) is 5.91 Å². The van der Waals surface area contributed by atoms with E-state index in [9.17, 15) is 4.79 Å². The number of likely N-dealkylation sites (N-methyl/N-ethyl adjacent to an activating group) is 1. The normalized spacial score (nSPS) is 15.6. The molecule has 7 heteroatoms. The topological polar surface area (TPSA) is 52.0 Å². The van der Waals surface area contributed by atoms with Crippen molar-refractivity contribution in [2.45, 2.75) is 20.8 Å². The average Bonchev–Trinajstić information content (AvgIpc) is 3.06. The monoisotopic (exact) mass is 371 g/mol. The number of thiazole rings is 1. The van der Waals surface area contributed by atoms with E-state index in [0.29, 0.717) is 5.13 Å². The largest absolute Gasteiger partial charge is 0.303 e. The molecule has 2 aromatic rings. The first-order valence-electron chi connectivity index (χ1n) is 8.75. The van der Waals surface area contributed by atoms with Gasteiger partial charge in [0, 0.05) is 38.5 Å². The van der Waals surface area contributed by atoms with E-state index in [0.717, 1.165) is 43.1 Å². The van der Waals surface area contributed by atoms with Gasteiger partial charge in [-0.25, -0.2) is 4.98 Å². The lowest BCUT2D eigenvalue weighted by molar-refractivity contribution is -0.115. The van der Waals surface area contributed by atoms with Gasteiger partial charge in [-0.15, -0.1) is 11.3 Å². The van der Waals surface area contributed by atoms with E-state index in [1.54, 1.807) is 18.0 Å². The molecule has 6 nitrogen and oxygen atoms in total. The van der Waals surface area contributed by atoms with Gasteiger partial charge in [0.1, 0.15) is 0 Å². The Labute approximate surface area is 158 Å². The summed E-state index contributed by atoms with van der Waals surface area (Å²) in [5.74, 6) is -0.0508. The van der Waals surface area contributed by atoms with Crippen LogP contribution in [0.2, 0.25) is 0 Å². The first-order chi connectivity index (χ1) is 12.4. The second-order valence-corrected chi connectivity index (χ2v) is 7.52. The van der Waals surface area contributed by atoms with Gasteiger partial charge in [0.05, 0.1) is 17.6 Å². The van der Waals surface area contributed by atoms with Gasteiger partial charge in [0.25, 0.3) is 0 Å². The number of aromatic nitrogens is 1. The molecule has 1 amide bonds. The van der Waals surface area contributed by atoms with E-state index in [4.69, 9.17) is 0 Å². The fourth-order valence-electron chi connectivity index (χ4n) is 2.78. The summed E-state index contributed by atoms with van der Waals surface area (Å²) in [5.41, 5.74) is 3.98. The number of nitrogens with zero attached hydrogens (tertiary/aromatic N) is 5. The number of piperazine rings is 1. The third kappa shape index (κ3) is 4.28. The third-order valence-corrected chi connectivity index (χ3v) is 5.44. The number of hydrogen-bond donors (Lipinski definition) is 0. The Bertz CT molecular complexity index is 808. The number of hydrogen-bond acceptors (Lipinski definition) is 6. The highest BCUT2D eigenvalue weighted by Gasteiger charge is 2.18. The number of hydrazone groups is 1. The molecule has 26 heavy (non-hydrogen) atoms. The first-order valence-corrected chi connectivity index (χ1v) is 9.63. The van der Waals surface area contributed by atoms with Crippen molar-refractivity contribution < 1.29 is 4.79 Å². The van der Waals surface area contributed by atoms with Crippen molar-refractivity contribution in [2.24, 2.45) is 5.10 Å². The van der Waals surface area contributed by atoms with Crippen molar-refractivity contribution in [3.05, 3.63) is 40.4 Å². The lowest BCUT2D eigenvalue weighted by Gasteiger charge is -2.30. The minimum Gasteiger partial charge on any atom is -0.303 e. The lowest BCUT2D eigenvalue weighted by Crippen LogP contribution is -2.41. The summed E-state index contributed by atoms with van der Waals surface area (Å²) in [5, 5.41) is 9.19. The van der Waals surface area contributed by atoms with Gasteiger partial charge in [-0.2, -0.15) is 5.10 Å². The van der Waals surface area contributed by atoms with Gasteiger partial charge in [-0.1, -0.05) is 6.07 Å². The second-order valence-electron chi connectivity index (χ2n) is 6.68. The molecule has 0 radical (unpaired) electrons. The maximum atomic E-state index is 12.2. The van der Waals surface area contributed by atoms with Crippen molar-refractivity contribution in [3.8, 4) is 0 Å². The van der Waals surface area contributed by atoms with E-state index in [1.165, 1.54) is 16.9 Å². The highest BCUT2D eigenvalue weighted by Crippen LogP contribution is 2.29. The molecule has 1 fully saturated rings. The van der Waals surface area contributed by atoms with Crippen LogP contribution in [0.3, 0.4) is 0 Å². The SMILES string of the molecule is CC(=O)N(c1ccc(C)c(C)c1)c1nc(/C=N\N2CCN(C)CC2)cs1. The van der Waals surface area contributed by atoms with Crippen LogP contribution in [0.15, 0.2) is 28.7 Å². The van der Waals surface area contributed by atoms with Crippen molar-refractivity contribution in [3.63, 3.8) is 0 Å². The van der Waals surface area contributed by atoms with Crippen LogP contribution in [-0.2, 0) is 4.79 Å². The molecule has 1 saturated heterocycles. The van der Waals surface area contributed by atoms with Gasteiger partial charge in [0.15, 0.2) is 5.13 Å². The zero-order valence-corrected chi connectivity index (χ0v) is 16.6. The van der Waals surface area contributed by atoms with Crippen molar-refractivity contribution >= 4 is 34.3 Å². The van der Waals surface area contributed by atoms with Gasteiger partial charge in [-0.05, 0) is 44.2 Å². The summed E-state index contributed by atoms with van der Waals surface area (Å²) in [6.07, 6.45) is 1.78. The molecule has 1 aromatic carbocycles. The number of amides is 1. The number of carbonyl (C=O) groups is 1. The maximum Gasteiger partial charge on any atom is 0.230 e. The molecule has 0 bridgehead atoms. The van der Waals surface area contributed by atoms with E-state index >= 15 is 0 Å². The molecule has 1 aliphatic rings. The minimum atomic E-state index is -0.0508. The van der Waals surface area contributed by atoms with Gasteiger partial charge < -0.3 is 4.90 Å². The summed E-state index contributed by atoms with van der Waals surface area (Å²) in [6, 6.07) is 6.02. The van der Waals surface area contributed by atoms with Crippen LogP contribution in [0.1, 0.15) is 23.7 Å². The average molecular weight is 372 g/mol. The van der Waals surface area contributed by atoms with Crippen molar-refractivity contribution in [2.75, 3.05) is 38.1 Å². The van der Waals surface area contributed by atoms with Crippen LogP contribution in [0.4, 0.5) is 10.8 Å². The molecule has 3 rings (SSSR count). The molecular formula is C19H25N5OS. The van der Waals surface area contributed by atoms with Crippen molar-refractivity contribution in [1.82, 2.24) is 14.9 Å². The van der Waals surface area contributed by atoms with E-state index in [2.05, 4.69) is 34.0 Å². The molecule has 0 N–H and O–H groups in total. The molecular weight excluding hydrogens is 346 g/mol. The van der Waals surface area contributed by atoms with Gasteiger partial charge in [0.2, 0.25) is 5.91 Å². The minimum absolute atomic E-state index is 0.0508. The predicted molar refractivity (Wildman–Crippen MR) is 108 cm³/mol. The van der Waals surface area contributed by atoms with Crippen LogP contribution >= 0.6 is 11.3 Å². The quantitative estimate of drug-likeness (QED) is 0.775. The number of anilines is 2. The maximum absolute atomic E-state index is 12.2. The molecule has 0 aliphatic carbocycles. The molecule has 0 saturated carbocycles. The summed E-state index contributed by atoms with van der Waals surface area (Å²) in [6.45, 7) is 9.56. The fraction of sp³-hybridized carbons (Fsp3) is 0.421. The van der Waals surface area contributed by atoms with Crippen LogP contribution in [0.5, 0.6) is 0 Å². The van der Waals surface area contributed by atoms with Gasteiger partial charge in [-0.3, -0.25) is 14.7 Å². The van der Waals surface area contributed by atoms with Gasteiger partial charge >= 0.3 is 0 Å². The fourth-order valence-corrected chi connectivity index (χ4v) is 3.62. The summed E-state index contributed by atoms with van der Waals surface area (Å²) in [7, 11) is 2.12. The zero-order chi connectivity index (χ0) is 18.7. The smallest absolute Gasteiger partial charge is 0.230 e. The Morgan fingerprint density at radius 1 is 1.23 bits per heavy atom. The zero-order valence-electron chi connectivity index (χ0n) is 15.8. The van der Waals surface area contributed by atoms with E-state index < -0.39 is 0 Å².